The second kappa shape index (κ2) is 8.52. The number of aryl methyl sites for hydroxylation is 1. The van der Waals surface area contributed by atoms with E-state index in [1.165, 1.54) is 34.5 Å². The maximum Gasteiger partial charge on any atom is 0.242 e. The lowest BCUT2D eigenvalue weighted by Crippen LogP contribution is -2.26. The van der Waals surface area contributed by atoms with Crippen LogP contribution in [0.1, 0.15) is 44.6 Å². The minimum atomic E-state index is -1.58. The van der Waals surface area contributed by atoms with Gasteiger partial charge in [0.05, 0.1) is 0 Å². The Bertz CT molecular complexity index is 617. The molecule has 0 unspecified atom stereocenters. The molecule has 1 aliphatic carbocycles. The predicted octanol–water partition coefficient (Wildman–Crippen LogP) is 6.80. The van der Waals surface area contributed by atoms with Crippen LogP contribution in [-0.4, -0.2) is 8.32 Å². The Morgan fingerprint density at radius 2 is 1.88 bits per heavy atom. The van der Waals surface area contributed by atoms with E-state index in [4.69, 9.17) is 4.43 Å². The van der Waals surface area contributed by atoms with Crippen molar-refractivity contribution < 1.29 is 4.43 Å². The molecule has 0 aromatic heterocycles. The topological polar surface area (TPSA) is 9.23 Å². The molecule has 0 amide bonds. The molecule has 0 atom stereocenters. The minimum Gasteiger partial charge on any atom is -0.544 e. The molecule has 0 radical (unpaired) electrons. The molecular formula is C22H32OSi. The van der Waals surface area contributed by atoms with Crippen LogP contribution in [0.15, 0.2) is 65.5 Å². The molecule has 2 rings (SSSR count). The third-order valence-corrected chi connectivity index (χ3v) is 5.01. The van der Waals surface area contributed by atoms with Crippen LogP contribution in [0.25, 0.3) is 0 Å². The van der Waals surface area contributed by atoms with Gasteiger partial charge in [0.15, 0.2) is 0 Å². The van der Waals surface area contributed by atoms with Crippen molar-refractivity contribution in [2.75, 3.05) is 0 Å². The van der Waals surface area contributed by atoms with E-state index in [2.05, 4.69) is 69.6 Å². The van der Waals surface area contributed by atoms with Crippen molar-refractivity contribution in [2.24, 2.45) is 0 Å². The Morgan fingerprint density at radius 3 is 2.50 bits per heavy atom. The van der Waals surface area contributed by atoms with Crippen LogP contribution in [-0.2, 0) is 10.8 Å². The summed E-state index contributed by atoms with van der Waals surface area (Å²) in [5, 5.41) is 0. The van der Waals surface area contributed by atoms with Gasteiger partial charge in [0.2, 0.25) is 8.32 Å². The highest BCUT2D eigenvalue weighted by molar-refractivity contribution is 6.70. The van der Waals surface area contributed by atoms with Crippen molar-refractivity contribution in [3.8, 4) is 0 Å². The summed E-state index contributed by atoms with van der Waals surface area (Å²) in [6.07, 6.45) is 9.02. The van der Waals surface area contributed by atoms with Crippen molar-refractivity contribution in [1.29, 1.82) is 0 Å². The van der Waals surface area contributed by atoms with Gasteiger partial charge in [0.25, 0.3) is 0 Å². The van der Waals surface area contributed by atoms with Crippen LogP contribution in [0, 0.1) is 0 Å². The zero-order valence-corrected chi connectivity index (χ0v) is 16.8. The van der Waals surface area contributed by atoms with Gasteiger partial charge in [0.1, 0.15) is 5.76 Å². The fourth-order valence-corrected chi connectivity index (χ4v) is 4.06. The molecule has 1 aromatic rings. The second-order valence-corrected chi connectivity index (χ2v) is 12.3. The van der Waals surface area contributed by atoms with Gasteiger partial charge in [-0.1, -0.05) is 48.1 Å². The van der Waals surface area contributed by atoms with E-state index in [1.807, 2.05) is 0 Å². The first-order chi connectivity index (χ1) is 11.3. The molecule has 0 saturated carbocycles. The zero-order chi connectivity index (χ0) is 17.6. The minimum absolute atomic E-state index is 0.995. The molecule has 0 bridgehead atoms. The normalized spacial score (nSPS) is 17.2. The monoisotopic (exact) mass is 340 g/mol. The van der Waals surface area contributed by atoms with Crippen molar-refractivity contribution in [3.05, 3.63) is 71.0 Å². The van der Waals surface area contributed by atoms with Gasteiger partial charge in [0, 0.05) is 0 Å². The van der Waals surface area contributed by atoms with Crippen LogP contribution < -0.4 is 0 Å². The maximum absolute atomic E-state index is 6.42. The van der Waals surface area contributed by atoms with Gasteiger partial charge in [-0.25, -0.2) is 0 Å². The Kier molecular flexibility index (Phi) is 6.67. The van der Waals surface area contributed by atoms with Crippen molar-refractivity contribution >= 4 is 8.32 Å². The summed E-state index contributed by atoms with van der Waals surface area (Å²) in [6.45, 7) is 13.1. The lowest BCUT2D eigenvalue weighted by atomic mass is 9.89. The summed E-state index contributed by atoms with van der Waals surface area (Å²) in [5.41, 5.74) is 5.63. The molecule has 1 aromatic carbocycles. The number of benzene rings is 1. The zero-order valence-electron chi connectivity index (χ0n) is 15.8. The average molecular weight is 341 g/mol. The number of rotatable bonds is 7. The summed E-state index contributed by atoms with van der Waals surface area (Å²) in [7, 11) is -1.58. The summed E-state index contributed by atoms with van der Waals surface area (Å²) < 4.78 is 6.42. The van der Waals surface area contributed by atoms with Gasteiger partial charge in [-0.2, -0.15) is 0 Å². The molecule has 0 heterocycles. The second-order valence-electron chi connectivity index (χ2n) is 7.88. The van der Waals surface area contributed by atoms with E-state index in [0.717, 1.165) is 32.1 Å². The summed E-state index contributed by atoms with van der Waals surface area (Å²) >= 11 is 0. The lowest BCUT2D eigenvalue weighted by Gasteiger charge is -2.28. The number of hydrogen-bond donors (Lipinski definition) is 0. The summed E-state index contributed by atoms with van der Waals surface area (Å²) in [5.74, 6) is 1.17. The van der Waals surface area contributed by atoms with Crippen LogP contribution in [0.4, 0.5) is 0 Å². The highest BCUT2D eigenvalue weighted by Gasteiger charge is 2.23. The largest absolute Gasteiger partial charge is 0.544 e. The van der Waals surface area contributed by atoms with E-state index in [1.54, 1.807) is 0 Å². The third kappa shape index (κ3) is 6.16. The SMILES string of the molecule is C=C(C)C/C(CCc1ccccc1)=C1/CCCC=C1O[Si](C)(C)C. The van der Waals surface area contributed by atoms with E-state index in [0.29, 0.717) is 0 Å². The molecular weight excluding hydrogens is 308 g/mol. The van der Waals surface area contributed by atoms with Crippen molar-refractivity contribution in [1.82, 2.24) is 0 Å². The molecule has 0 spiro atoms. The lowest BCUT2D eigenvalue weighted by molar-refractivity contribution is 0.415. The molecule has 1 aliphatic rings. The standard InChI is InChI=1S/C22H32OSi/c1-18(2)17-20(16-15-19-11-7-6-8-12-19)21-13-9-10-14-22(21)23-24(3,4)5/h6-8,11-12,14H,1,9-10,13,15-17H2,2-5H3/b21-20-. The number of hydrogen-bond acceptors (Lipinski definition) is 1. The van der Waals surface area contributed by atoms with Crippen LogP contribution in [0.3, 0.4) is 0 Å². The Balaban J connectivity index is 2.25. The van der Waals surface area contributed by atoms with Crippen LogP contribution >= 0.6 is 0 Å². The summed E-state index contributed by atoms with van der Waals surface area (Å²) in [4.78, 5) is 0. The first-order valence-corrected chi connectivity index (χ1v) is 12.5. The fourth-order valence-electron chi connectivity index (χ4n) is 3.19. The van der Waals surface area contributed by atoms with E-state index in [9.17, 15) is 0 Å². The molecule has 130 valence electrons. The van der Waals surface area contributed by atoms with E-state index < -0.39 is 8.32 Å². The number of allylic oxidation sites excluding steroid dienone is 4. The van der Waals surface area contributed by atoms with Gasteiger partial charge in [-0.3, -0.25) is 0 Å². The smallest absolute Gasteiger partial charge is 0.242 e. The highest BCUT2D eigenvalue weighted by atomic mass is 28.4. The van der Waals surface area contributed by atoms with Crippen LogP contribution in [0.2, 0.25) is 19.6 Å². The average Bonchev–Trinajstić information content (AvgIpc) is 2.51. The molecule has 0 aliphatic heterocycles. The van der Waals surface area contributed by atoms with Gasteiger partial charge < -0.3 is 4.43 Å². The van der Waals surface area contributed by atoms with Crippen LogP contribution in [0.5, 0.6) is 0 Å². The first-order valence-electron chi connectivity index (χ1n) is 9.14. The van der Waals surface area contributed by atoms with Gasteiger partial charge in [-0.15, -0.1) is 0 Å². The maximum atomic E-state index is 6.42. The highest BCUT2D eigenvalue weighted by Crippen LogP contribution is 2.34. The molecule has 1 nitrogen and oxygen atoms in total. The molecule has 0 saturated heterocycles. The predicted molar refractivity (Wildman–Crippen MR) is 108 cm³/mol. The molecule has 0 N–H and O–H groups in total. The summed E-state index contributed by atoms with van der Waals surface area (Å²) in [6, 6.07) is 10.8. The Labute approximate surface area is 149 Å². The van der Waals surface area contributed by atoms with Crippen molar-refractivity contribution in [2.45, 2.75) is 65.1 Å². The Morgan fingerprint density at radius 1 is 1.17 bits per heavy atom. The van der Waals surface area contributed by atoms with Gasteiger partial charge in [-0.05, 0) is 82.3 Å². The molecule has 2 heteroatoms. The van der Waals surface area contributed by atoms with E-state index in [-0.39, 0.29) is 0 Å². The van der Waals surface area contributed by atoms with E-state index >= 15 is 0 Å². The molecule has 0 fully saturated rings. The molecule has 24 heavy (non-hydrogen) atoms. The third-order valence-electron chi connectivity index (χ3n) is 4.17. The van der Waals surface area contributed by atoms with Gasteiger partial charge >= 0.3 is 0 Å². The first kappa shape index (κ1) is 18.8. The quantitative estimate of drug-likeness (QED) is 0.391. The Hall–Kier alpha value is -1.54. The van der Waals surface area contributed by atoms with Crippen molar-refractivity contribution in [3.63, 3.8) is 0 Å². The fraction of sp³-hybridized carbons (Fsp3) is 0.455.